The minimum Gasteiger partial charge on any atom is -0.354 e. The van der Waals surface area contributed by atoms with Crippen LogP contribution in [0.1, 0.15) is 12.6 Å². The largest absolute Gasteiger partial charge is 0.433 e. The van der Waals surface area contributed by atoms with E-state index < -0.39 is 11.9 Å². The molecule has 0 radical (unpaired) electrons. The Morgan fingerprint density at radius 2 is 2.05 bits per heavy atom. The fourth-order valence-corrected chi connectivity index (χ4v) is 1.59. The lowest BCUT2D eigenvalue weighted by molar-refractivity contribution is -0.141. The molecular formula is C11H12F3N5. The van der Waals surface area contributed by atoms with Gasteiger partial charge in [0.15, 0.2) is 5.69 Å². The third-order valence-corrected chi connectivity index (χ3v) is 2.43. The van der Waals surface area contributed by atoms with Crippen molar-refractivity contribution in [3.05, 3.63) is 24.0 Å². The number of anilines is 1. The van der Waals surface area contributed by atoms with Gasteiger partial charge >= 0.3 is 6.18 Å². The number of halogens is 3. The second kappa shape index (κ2) is 4.87. The molecular weight excluding hydrogens is 259 g/mol. The maximum Gasteiger partial charge on any atom is 0.433 e. The first-order valence-corrected chi connectivity index (χ1v) is 5.60. The quantitative estimate of drug-likeness (QED) is 0.930. The summed E-state index contributed by atoms with van der Waals surface area (Å²) in [7, 11) is 1.64. The number of nitrogens with one attached hydrogen (secondary N) is 1. The first kappa shape index (κ1) is 13.3. The molecule has 19 heavy (non-hydrogen) atoms. The predicted octanol–water partition coefficient (Wildman–Crippen LogP) is 2.33. The lowest BCUT2D eigenvalue weighted by Gasteiger charge is -2.11. The number of alkyl halides is 3. The van der Waals surface area contributed by atoms with E-state index in [-0.39, 0.29) is 11.6 Å². The van der Waals surface area contributed by atoms with Gasteiger partial charge in [0.1, 0.15) is 0 Å². The van der Waals surface area contributed by atoms with Crippen LogP contribution in [0.25, 0.3) is 11.4 Å². The van der Waals surface area contributed by atoms with Crippen molar-refractivity contribution in [1.29, 1.82) is 0 Å². The number of nitrogens with zero attached hydrogens (tertiary/aromatic N) is 4. The van der Waals surface area contributed by atoms with E-state index >= 15 is 0 Å². The molecule has 2 aromatic rings. The van der Waals surface area contributed by atoms with Gasteiger partial charge in [0.05, 0.1) is 11.4 Å². The van der Waals surface area contributed by atoms with Gasteiger partial charge in [-0.05, 0) is 19.1 Å². The molecule has 0 amide bonds. The van der Waals surface area contributed by atoms with E-state index in [2.05, 4.69) is 20.4 Å². The van der Waals surface area contributed by atoms with Gasteiger partial charge in [0.25, 0.3) is 0 Å². The van der Waals surface area contributed by atoms with E-state index in [4.69, 9.17) is 0 Å². The SMILES string of the molecule is CCNc1nc(-c2ccnn2C)cc(C(F)(F)F)n1. The van der Waals surface area contributed by atoms with E-state index in [0.29, 0.717) is 12.2 Å². The zero-order valence-corrected chi connectivity index (χ0v) is 10.4. The van der Waals surface area contributed by atoms with Crippen molar-refractivity contribution >= 4 is 5.95 Å². The maximum atomic E-state index is 12.8. The van der Waals surface area contributed by atoms with Crippen molar-refractivity contribution in [2.24, 2.45) is 7.05 Å². The Morgan fingerprint density at radius 3 is 2.58 bits per heavy atom. The lowest BCUT2D eigenvalue weighted by atomic mass is 10.2. The van der Waals surface area contributed by atoms with E-state index in [9.17, 15) is 13.2 Å². The molecule has 102 valence electrons. The van der Waals surface area contributed by atoms with Crippen LogP contribution in [0, 0.1) is 0 Å². The average Bonchev–Trinajstić information content (AvgIpc) is 2.74. The first-order chi connectivity index (χ1) is 8.91. The van der Waals surface area contributed by atoms with Gasteiger partial charge < -0.3 is 5.32 Å². The molecule has 0 unspecified atom stereocenters. The summed E-state index contributed by atoms with van der Waals surface area (Å²) in [5.41, 5.74) is -0.306. The predicted molar refractivity (Wildman–Crippen MR) is 63.4 cm³/mol. The molecule has 0 aliphatic carbocycles. The first-order valence-electron chi connectivity index (χ1n) is 5.60. The highest BCUT2D eigenvalue weighted by Gasteiger charge is 2.34. The summed E-state index contributed by atoms with van der Waals surface area (Å²) in [5.74, 6) is -0.0477. The van der Waals surface area contributed by atoms with Gasteiger partial charge in [-0.3, -0.25) is 4.68 Å². The van der Waals surface area contributed by atoms with E-state index in [1.165, 1.54) is 10.9 Å². The van der Waals surface area contributed by atoms with Crippen LogP contribution >= 0.6 is 0 Å². The van der Waals surface area contributed by atoms with Crippen LogP contribution in [0.5, 0.6) is 0 Å². The molecule has 0 aliphatic heterocycles. The molecule has 2 aromatic heterocycles. The molecule has 0 saturated heterocycles. The summed E-state index contributed by atoms with van der Waals surface area (Å²) < 4.78 is 39.8. The van der Waals surface area contributed by atoms with Gasteiger partial charge in [-0.1, -0.05) is 0 Å². The highest BCUT2D eigenvalue weighted by molar-refractivity contribution is 5.56. The van der Waals surface area contributed by atoms with E-state index in [1.54, 1.807) is 20.0 Å². The van der Waals surface area contributed by atoms with Crippen LogP contribution in [-0.4, -0.2) is 26.3 Å². The van der Waals surface area contributed by atoms with Crippen molar-refractivity contribution in [1.82, 2.24) is 19.7 Å². The average molecular weight is 271 g/mol. The highest BCUT2D eigenvalue weighted by Crippen LogP contribution is 2.30. The van der Waals surface area contributed by atoms with Gasteiger partial charge in [0, 0.05) is 19.8 Å². The van der Waals surface area contributed by atoms with E-state index in [1.807, 2.05) is 0 Å². The summed E-state index contributed by atoms with van der Waals surface area (Å²) >= 11 is 0. The number of hydrogen-bond acceptors (Lipinski definition) is 4. The van der Waals surface area contributed by atoms with Gasteiger partial charge in [-0.15, -0.1) is 0 Å². The molecule has 1 N–H and O–H groups in total. The molecule has 2 rings (SSSR count). The molecule has 0 aromatic carbocycles. The Hall–Kier alpha value is -2.12. The summed E-state index contributed by atoms with van der Waals surface area (Å²) in [6.45, 7) is 2.19. The fourth-order valence-electron chi connectivity index (χ4n) is 1.59. The minimum absolute atomic E-state index is 0.0477. The topological polar surface area (TPSA) is 55.6 Å². The lowest BCUT2D eigenvalue weighted by Crippen LogP contribution is -2.13. The summed E-state index contributed by atoms with van der Waals surface area (Å²) in [5, 5.41) is 6.61. The zero-order chi connectivity index (χ0) is 14.0. The number of aryl methyl sites for hydroxylation is 1. The molecule has 0 bridgehead atoms. The molecule has 0 fully saturated rings. The molecule has 0 atom stereocenters. The fraction of sp³-hybridized carbons (Fsp3) is 0.364. The van der Waals surface area contributed by atoms with Crippen molar-refractivity contribution in [3.8, 4) is 11.4 Å². The Balaban J connectivity index is 2.55. The summed E-state index contributed by atoms with van der Waals surface area (Å²) in [6.07, 6.45) is -3.02. The Kier molecular flexibility index (Phi) is 3.41. The molecule has 2 heterocycles. The normalized spacial score (nSPS) is 11.6. The highest BCUT2D eigenvalue weighted by atomic mass is 19.4. The third kappa shape index (κ3) is 2.83. The smallest absolute Gasteiger partial charge is 0.354 e. The Morgan fingerprint density at radius 1 is 1.32 bits per heavy atom. The number of aromatic nitrogens is 4. The Bertz CT molecular complexity index is 576. The van der Waals surface area contributed by atoms with Crippen LogP contribution < -0.4 is 5.32 Å². The van der Waals surface area contributed by atoms with Crippen molar-refractivity contribution in [2.75, 3.05) is 11.9 Å². The zero-order valence-electron chi connectivity index (χ0n) is 10.4. The van der Waals surface area contributed by atoms with Gasteiger partial charge in [-0.2, -0.15) is 18.3 Å². The van der Waals surface area contributed by atoms with Crippen LogP contribution in [0.3, 0.4) is 0 Å². The minimum atomic E-state index is -4.51. The maximum absolute atomic E-state index is 12.8. The number of rotatable bonds is 3. The van der Waals surface area contributed by atoms with Crippen molar-refractivity contribution in [3.63, 3.8) is 0 Å². The van der Waals surface area contributed by atoms with Crippen molar-refractivity contribution in [2.45, 2.75) is 13.1 Å². The second-order valence-electron chi connectivity index (χ2n) is 3.83. The van der Waals surface area contributed by atoms with Gasteiger partial charge in [0.2, 0.25) is 5.95 Å². The molecule has 0 saturated carbocycles. The van der Waals surface area contributed by atoms with Gasteiger partial charge in [-0.25, -0.2) is 9.97 Å². The molecule has 8 heteroatoms. The second-order valence-corrected chi connectivity index (χ2v) is 3.83. The summed E-state index contributed by atoms with van der Waals surface area (Å²) in [6, 6.07) is 2.51. The Labute approximate surface area is 107 Å². The van der Waals surface area contributed by atoms with Crippen molar-refractivity contribution < 1.29 is 13.2 Å². The van der Waals surface area contributed by atoms with Crippen LogP contribution in [0.4, 0.5) is 19.1 Å². The molecule has 0 spiro atoms. The van der Waals surface area contributed by atoms with E-state index in [0.717, 1.165) is 6.07 Å². The third-order valence-electron chi connectivity index (χ3n) is 2.43. The van der Waals surface area contributed by atoms with Crippen LogP contribution in [0.15, 0.2) is 18.3 Å². The van der Waals surface area contributed by atoms with Crippen LogP contribution in [-0.2, 0) is 13.2 Å². The molecule has 5 nitrogen and oxygen atoms in total. The monoisotopic (exact) mass is 271 g/mol. The molecule has 0 aliphatic rings. The summed E-state index contributed by atoms with van der Waals surface area (Å²) in [4.78, 5) is 7.51. The standard InChI is InChI=1S/C11H12F3N5/c1-3-15-10-17-7(8-4-5-16-19(8)2)6-9(18-10)11(12,13)14/h4-6H,3H2,1-2H3,(H,15,17,18). The van der Waals surface area contributed by atoms with Crippen LogP contribution in [0.2, 0.25) is 0 Å². The number of hydrogen-bond donors (Lipinski definition) is 1.